The molecule has 2 rings (SSSR count). The molecule has 3 heteroatoms. The SMILES string of the molecule is CN[C@H](C(=O)c1ccccn1)C1CCCCC1. The molecule has 1 aromatic heterocycles. The fourth-order valence-corrected chi connectivity index (χ4v) is 2.72. The van der Waals surface area contributed by atoms with Crippen molar-refractivity contribution in [3.8, 4) is 0 Å². The van der Waals surface area contributed by atoms with Crippen LogP contribution in [-0.2, 0) is 0 Å². The number of carbonyl (C=O) groups is 1. The molecule has 0 spiro atoms. The van der Waals surface area contributed by atoms with Crippen LogP contribution in [0.4, 0.5) is 0 Å². The van der Waals surface area contributed by atoms with Crippen molar-refractivity contribution in [2.24, 2.45) is 5.92 Å². The third-order valence-electron chi connectivity index (χ3n) is 3.63. The van der Waals surface area contributed by atoms with Gasteiger partial charge < -0.3 is 5.32 Å². The minimum Gasteiger partial charge on any atom is -0.310 e. The van der Waals surface area contributed by atoms with Gasteiger partial charge in [0.2, 0.25) is 0 Å². The minimum atomic E-state index is -0.0646. The molecule has 1 heterocycles. The smallest absolute Gasteiger partial charge is 0.198 e. The lowest BCUT2D eigenvalue weighted by Crippen LogP contribution is -2.42. The van der Waals surface area contributed by atoms with Crippen LogP contribution >= 0.6 is 0 Å². The average molecular weight is 232 g/mol. The van der Waals surface area contributed by atoms with Gasteiger partial charge in [0.1, 0.15) is 5.69 Å². The van der Waals surface area contributed by atoms with E-state index in [1.807, 2.05) is 19.2 Å². The monoisotopic (exact) mass is 232 g/mol. The Bertz CT molecular complexity index is 358. The molecule has 92 valence electrons. The molecular formula is C14H20N2O. The number of ketones is 1. The van der Waals surface area contributed by atoms with Crippen molar-refractivity contribution in [2.75, 3.05) is 7.05 Å². The lowest BCUT2D eigenvalue weighted by atomic mass is 9.82. The molecule has 1 aliphatic carbocycles. The van der Waals surface area contributed by atoms with Crippen LogP contribution in [0, 0.1) is 5.92 Å². The van der Waals surface area contributed by atoms with E-state index in [9.17, 15) is 4.79 Å². The van der Waals surface area contributed by atoms with Crippen molar-refractivity contribution >= 4 is 5.78 Å². The summed E-state index contributed by atoms with van der Waals surface area (Å²) < 4.78 is 0. The Morgan fingerprint density at radius 3 is 2.71 bits per heavy atom. The molecular weight excluding hydrogens is 212 g/mol. The van der Waals surface area contributed by atoms with Crippen LogP contribution in [-0.4, -0.2) is 23.9 Å². The maximum absolute atomic E-state index is 12.4. The zero-order valence-corrected chi connectivity index (χ0v) is 10.4. The first-order valence-corrected chi connectivity index (χ1v) is 6.45. The van der Waals surface area contributed by atoms with Crippen LogP contribution in [0.1, 0.15) is 42.6 Å². The summed E-state index contributed by atoms with van der Waals surface area (Å²) in [6, 6.07) is 5.44. The Labute approximate surface area is 103 Å². The zero-order valence-electron chi connectivity index (χ0n) is 10.4. The highest BCUT2D eigenvalue weighted by Gasteiger charge is 2.29. The number of likely N-dealkylation sites (N-methyl/N-ethyl adjacent to an activating group) is 1. The molecule has 0 amide bonds. The zero-order chi connectivity index (χ0) is 12.1. The first kappa shape index (κ1) is 12.2. The van der Waals surface area contributed by atoms with Gasteiger partial charge in [-0.15, -0.1) is 0 Å². The molecule has 0 saturated heterocycles. The van der Waals surface area contributed by atoms with Gasteiger partial charge in [-0.25, -0.2) is 0 Å². The Morgan fingerprint density at radius 2 is 2.12 bits per heavy atom. The third-order valence-corrected chi connectivity index (χ3v) is 3.63. The van der Waals surface area contributed by atoms with E-state index in [-0.39, 0.29) is 11.8 Å². The van der Waals surface area contributed by atoms with E-state index >= 15 is 0 Å². The number of Topliss-reactive ketones (excluding diaryl/α,β-unsaturated/α-hetero) is 1. The van der Waals surface area contributed by atoms with Crippen LogP contribution in [0.3, 0.4) is 0 Å². The lowest BCUT2D eigenvalue weighted by Gasteiger charge is -2.28. The average Bonchev–Trinajstić information content (AvgIpc) is 2.42. The van der Waals surface area contributed by atoms with E-state index in [1.165, 1.54) is 19.3 Å². The third kappa shape index (κ3) is 2.91. The molecule has 1 fully saturated rings. The number of pyridine rings is 1. The van der Waals surface area contributed by atoms with Gasteiger partial charge in [0.15, 0.2) is 5.78 Å². The lowest BCUT2D eigenvalue weighted by molar-refractivity contribution is 0.0888. The van der Waals surface area contributed by atoms with E-state index < -0.39 is 0 Å². The highest BCUT2D eigenvalue weighted by Crippen LogP contribution is 2.27. The summed E-state index contributed by atoms with van der Waals surface area (Å²) in [5, 5.41) is 3.18. The molecule has 0 aliphatic heterocycles. The Morgan fingerprint density at radius 1 is 1.35 bits per heavy atom. The molecule has 0 bridgehead atoms. The fourth-order valence-electron chi connectivity index (χ4n) is 2.72. The van der Waals surface area contributed by atoms with Crippen LogP contribution in [0.15, 0.2) is 24.4 Å². The van der Waals surface area contributed by atoms with Crippen molar-refractivity contribution in [1.29, 1.82) is 0 Å². The van der Waals surface area contributed by atoms with E-state index in [0.717, 1.165) is 12.8 Å². The van der Waals surface area contributed by atoms with Gasteiger partial charge in [0.25, 0.3) is 0 Å². The molecule has 1 aromatic rings. The molecule has 1 saturated carbocycles. The summed E-state index contributed by atoms with van der Waals surface area (Å²) in [7, 11) is 1.88. The standard InChI is InChI=1S/C14H20N2O/c1-15-13(11-7-3-2-4-8-11)14(17)12-9-5-6-10-16-12/h5-6,9-11,13,15H,2-4,7-8H2,1H3/t13-/m0/s1. The van der Waals surface area contributed by atoms with Crippen molar-refractivity contribution < 1.29 is 4.79 Å². The maximum Gasteiger partial charge on any atom is 0.198 e. The number of carbonyl (C=O) groups excluding carboxylic acids is 1. The van der Waals surface area contributed by atoms with Crippen LogP contribution in [0.2, 0.25) is 0 Å². The molecule has 17 heavy (non-hydrogen) atoms. The Balaban J connectivity index is 2.09. The van der Waals surface area contributed by atoms with Crippen molar-refractivity contribution in [2.45, 2.75) is 38.1 Å². The molecule has 1 aliphatic rings. The molecule has 1 N–H and O–H groups in total. The maximum atomic E-state index is 12.4. The summed E-state index contributed by atoms with van der Waals surface area (Å²) in [4.78, 5) is 16.5. The van der Waals surface area contributed by atoms with Crippen molar-refractivity contribution in [1.82, 2.24) is 10.3 Å². The van der Waals surface area contributed by atoms with Gasteiger partial charge in [-0.3, -0.25) is 9.78 Å². The van der Waals surface area contributed by atoms with Crippen molar-refractivity contribution in [3.05, 3.63) is 30.1 Å². The van der Waals surface area contributed by atoms with E-state index in [0.29, 0.717) is 11.6 Å². The number of hydrogen-bond acceptors (Lipinski definition) is 3. The van der Waals surface area contributed by atoms with Gasteiger partial charge in [-0.2, -0.15) is 0 Å². The summed E-state index contributed by atoms with van der Waals surface area (Å²) in [6.45, 7) is 0. The van der Waals surface area contributed by atoms with Gasteiger partial charge in [-0.1, -0.05) is 25.3 Å². The minimum absolute atomic E-state index is 0.0646. The summed E-state index contributed by atoms with van der Waals surface area (Å²) in [5.74, 6) is 0.614. The first-order chi connectivity index (χ1) is 8.33. The number of rotatable bonds is 4. The van der Waals surface area contributed by atoms with Crippen LogP contribution in [0.25, 0.3) is 0 Å². The second-order valence-electron chi connectivity index (χ2n) is 4.74. The number of hydrogen-bond donors (Lipinski definition) is 1. The normalized spacial score (nSPS) is 18.9. The van der Waals surface area contributed by atoms with E-state index in [4.69, 9.17) is 0 Å². The van der Waals surface area contributed by atoms with Gasteiger partial charge in [-0.05, 0) is 37.9 Å². The van der Waals surface area contributed by atoms with E-state index in [2.05, 4.69) is 10.3 Å². The number of nitrogens with one attached hydrogen (secondary N) is 1. The Hall–Kier alpha value is -1.22. The summed E-state index contributed by atoms with van der Waals surface area (Å²) >= 11 is 0. The first-order valence-electron chi connectivity index (χ1n) is 6.45. The second kappa shape index (κ2) is 5.92. The molecule has 0 aromatic carbocycles. The summed E-state index contributed by atoms with van der Waals surface area (Å²) in [5.41, 5.74) is 0.581. The predicted octanol–water partition coefficient (Wildman–Crippen LogP) is 2.43. The van der Waals surface area contributed by atoms with Crippen LogP contribution in [0.5, 0.6) is 0 Å². The highest BCUT2D eigenvalue weighted by molar-refractivity contribution is 5.98. The molecule has 3 nitrogen and oxygen atoms in total. The molecule has 0 radical (unpaired) electrons. The van der Waals surface area contributed by atoms with Crippen molar-refractivity contribution in [3.63, 3.8) is 0 Å². The molecule has 1 atom stereocenters. The number of nitrogens with zero attached hydrogens (tertiary/aromatic N) is 1. The Kier molecular flexibility index (Phi) is 4.26. The number of aromatic nitrogens is 1. The molecule has 0 unspecified atom stereocenters. The highest BCUT2D eigenvalue weighted by atomic mass is 16.1. The van der Waals surface area contributed by atoms with E-state index in [1.54, 1.807) is 12.3 Å². The largest absolute Gasteiger partial charge is 0.310 e. The second-order valence-corrected chi connectivity index (χ2v) is 4.74. The quantitative estimate of drug-likeness (QED) is 0.811. The topological polar surface area (TPSA) is 42.0 Å². The summed E-state index contributed by atoms with van der Waals surface area (Å²) in [6.07, 6.45) is 7.80. The van der Waals surface area contributed by atoms with Gasteiger partial charge in [0, 0.05) is 6.20 Å². The van der Waals surface area contributed by atoms with Gasteiger partial charge in [0.05, 0.1) is 6.04 Å². The van der Waals surface area contributed by atoms with Gasteiger partial charge >= 0.3 is 0 Å². The van der Waals surface area contributed by atoms with Crippen LogP contribution < -0.4 is 5.32 Å². The predicted molar refractivity (Wildman–Crippen MR) is 68.0 cm³/mol. The fraction of sp³-hybridized carbons (Fsp3) is 0.571.